The zero-order valence-corrected chi connectivity index (χ0v) is 15.2. The minimum atomic E-state index is -0.289. The van der Waals surface area contributed by atoms with Crippen molar-refractivity contribution >= 4 is 11.0 Å². The van der Waals surface area contributed by atoms with Crippen molar-refractivity contribution in [2.24, 2.45) is 0 Å². The molecule has 2 heterocycles. The van der Waals surface area contributed by atoms with Gasteiger partial charge in [-0.3, -0.25) is 4.90 Å². The zero-order valence-electron chi connectivity index (χ0n) is 15.2. The van der Waals surface area contributed by atoms with Crippen LogP contribution in [0.15, 0.2) is 57.7 Å². The van der Waals surface area contributed by atoms with E-state index in [1.807, 2.05) is 18.2 Å². The zero-order chi connectivity index (χ0) is 18.1. The van der Waals surface area contributed by atoms with Gasteiger partial charge in [0.2, 0.25) is 0 Å². The van der Waals surface area contributed by atoms with E-state index in [4.69, 9.17) is 9.15 Å². The number of benzene rings is 2. The van der Waals surface area contributed by atoms with Crippen LogP contribution in [0.2, 0.25) is 0 Å². The van der Waals surface area contributed by atoms with Crippen molar-refractivity contribution in [1.29, 1.82) is 0 Å². The quantitative estimate of drug-likeness (QED) is 0.643. The number of rotatable bonds is 4. The Morgan fingerprint density at radius 1 is 1.15 bits per heavy atom. The van der Waals surface area contributed by atoms with Crippen molar-refractivity contribution in [3.63, 3.8) is 0 Å². The molecule has 0 saturated carbocycles. The van der Waals surface area contributed by atoms with E-state index in [0.29, 0.717) is 18.9 Å². The average Bonchev–Trinajstić information content (AvgIpc) is 2.67. The Kier molecular flexibility index (Phi) is 4.51. The van der Waals surface area contributed by atoms with Gasteiger partial charge in [0.25, 0.3) is 0 Å². The van der Waals surface area contributed by atoms with Crippen molar-refractivity contribution in [1.82, 2.24) is 4.90 Å². The fourth-order valence-electron chi connectivity index (χ4n) is 3.68. The molecule has 1 aliphatic rings. The first-order valence-corrected chi connectivity index (χ1v) is 9.17. The van der Waals surface area contributed by atoms with Crippen molar-refractivity contribution in [3.05, 3.63) is 75.6 Å². The van der Waals surface area contributed by atoms with Gasteiger partial charge in [-0.2, -0.15) is 0 Å². The molecule has 0 spiro atoms. The van der Waals surface area contributed by atoms with E-state index in [2.05, 4.69) is 43.0 Å². The molecule has 1 atom stereocenters. The maximum absolute atomic E-state index is 12.1. The number of hydrogen-bond donors (Lipinski definition) is 0. The lowest BCUT2D eigenvalue weighted by atomic mass is 10.0. The molecule has 0 bridgehead atoms. The minimum absolute atomic E-state index is 0.213. The van der Waals surface area contributed by atoms with Gasteiger partial charge < -0.3 is 9.15 Å². The minimum Gasteiger partial charge on any atom is -0.478 e. The third kappa shape index (κ3) is 3.01. The lowest BCUT2D eigenvalue weighted by Gasteiger charge is -2.34. The predicted octanol–water partition coefficient (Wildman–Crippen LogP) is 4.66. The third-order valence-electron chi connectivity index (χ3n) is 5.15. The normalized spacial score (nSPS) is 15.5. The van der Waals surface area contributed by atoms with E-state index >= 15 is 0 Å². The second-order valence-electron chi connectivity index (χ2n) is 6.87. The predicted molar refractivity (Wildman–Crippen MR) is 102 cm³/mol. The maximum atomic E-state index is 12.1. The largest absolute Gasteiger partial charge is 0.478 e. The topological polar surface area (TPSA) is 42.7 Å². The molecule has 4 nitrogen and oxygen atoms in total. The summed E-state index contributed by atoms with van der Waals surface area (Å²) in [5.74, 6) is 0.811. The molecule has 0 fully saturated rings. The number of fused-ring (bicyclic) bond motifs is 3. The first-order valence-electron chi connectivity index (χ1n) is 9.17. The van der Waals surface area contributed by atoms with Gasteiger partial charge in [-0.15, -0.1) is 0 Å². The highest BCUT2D eigenvalue weighted by Crippen LogP contribution is 2.35. The molecule has 2 aromatic carbocycles. The van der Waals surface area contributed by atoms with E-state index < -0.39 is 0 Å². The van der Waals surface area contributed by atoms with Gasteiger partial charge in [-0.1, -0.05) is 43.7 Å². The van der Waals surface area contributed by atoms with Crippen LogP contribution in [-0.4, -0.2) is 11.6 Å². The van der Waals surface area contributed by atoms with E-state index in [9.17, 15) is 4.79 Å². The Morgan fingerprint density at radius 3 is 2.73 bits per heavy atom. The third-order valence-corrected chi connectivity index (χ3v) is 5.15. The van der Waals surface area contributed by atoms with Crippen LogP contribution in [0.5, 0.6) is 5.75 Å². The number of ether oxygens (including phenoxy) is 1. The molecule has 0 aliphatic carbocycles. The molecule has 26 heavy (non-hydrogen) atoms. The SMILES string of the molecule is CCCc1cc(=O)oc2c3c(ccc12)OCN([C@H](C)c1ccccc1)C3. The smallest absolute Gasteiger partial charge is 0.336 e. The summed E-state index contributed by atoms with van der Waals surface area (Å²) in [6, 6.07) is 16.2. The number of nitrogens with zero attached hydrogens (tertiary/aromatic N) is 1. The van der Waals surface area contributed by atoms with Crippen LogP contribution >= 0.6 is 0 Å². The first kappa shape index (κ1) is 16.9. The van der Waals surface area contributed by atoms with Gasteiger partial charge >= 0.3 is 5.63 Å². The van der Waals surface area contributed by atoms with Gasteiger partial charge in [0.1, 0.15) is 18.1 Å². The van der Waals surface area contributed by atoms with E-state index in [0.717, 1.165) is 35.1 Å². The van der Waals surface area contributed by atoms with Crippen LogP contribution in [0, 0.1) is 0 Å². The first-order chi connectivity index (χ1) is 12.7. The van der Waals surface area contributed by atoms with E-state index in [-0.39, 0.29) is 11.7 Å². The molecule has 0 saturated heterocycles. The van der Waals surface area contributed by atoms with Gasteiger partial charge in [0.15, 0.2) is 0 Å². The molecule has 4 rings (SSSR count). The van der Waals surface area contributed by atoms with Crippen molar-refractivity contribution in [3.8, 4) is 5.75 Å². The highest BCUT2D eigenvalue weighted by atomic mass is 16.5. The van der Waals surface area contributed by atoms with E-state index in [1.165, 1.54) is 5.56 Å². The summed E-state index contributed by atoms with van der Waals surface area (Å²) in [4.78, 5) is 14.3. The Morgan fingerprint density at radius 2 is 1.96 bits per heavy atom. The van der Waals surface area contributed by atoms with Crippen molar-refractivity contribution < 1.29 is 9.15 Å². The second-order valence-corrected chi connectivity index (χ2v) is 6.87. The summed E-state index contributed by atoms with van der Waals surface area (Å²) in [6.45, 7) is 5.51. The molecule has 1 aliphatic heterocycles. The number of hydrogen-bond acceptors (Lipinski definition) is 4. The summed E-state index contributed by atoms with van der Waals surface area (Å²) < 4.78 is 11.6. The Labute approximate surface area is 153 Å². The lowest BCUT2D eigenvalue weighted by Crippen LogP contribution is -2.34. The monoisotopic (exact) mass is 349 g/mol. The van der Waals surface area contributed by atoms with Gasteiger partial charge in [0.05, 0.1) is 5.56 Å². The maximum Gasteiger partial charge on any atom is 0.336 e. The second kappa shape index (κ2) is 6.96. The Balaban J connectivity index is 1.76. The van der Waals surface area contributed by atoms with Crippen LogP contribution in [0.4, 0.5) is 0 Å². The molecule has 0 unspecified atom stereocenters. The average molecular weight is 349 g/mol. The van der Waals surface area contributed by atoms with Crippen LogP contribution < -0.4 is 10.4 Å². The summed E-state index contributed by atoms with van der Waals surface area (Å²) in [5.41, 5.74) is 3.64. The Hall–Kier alpha value is -2.59. The molecule has 4 heteroatoms. The summed E-state index contributed by atoms with van der Waals surface area (Å²) in [5, 5.41) is 1.02. The van der Waals surface area contributed by atoms with Crippen LogP contribution in [0.3, 0.4) is 0 Å². The van der Waals surface area contributed by atoms with Crippen LogP contribution in [0.1, 0.15) is 43.0 Å². The van der Waals surface area contributed by atoms with Gasteiger partial charge in [-0.25, -0.2) is 4.79 Å². The highest BCUT2D eigenvalue weighted by molar-refractivity contribution is 5.85. The summed E-state index contributed by atoms with van der Waals surface area (Å²) >= 11 is 0. The fraction of sp³-hybridized carbons (Fsp3) is 0.318. The number of aryl methyl sites for hydroxylation is 1. The highest BCUT2D eigenvalue weighted by Gasteiger charge is 2.26. The fourth-order valence-corrected chi connectivity index (χ4v) is 3.68. The lowest BCUT2D eigenvalue weighted by molar-refractivity contribution is 0.0620. The molecular formula is C22H23NO3. The molecule has 0 radical (unpaired) electrons. The molecule has 3 aromatic rings. The van der Waals surface area contributed by atoms with Gasteiger partial charge in [-0.05, 0) is 36.6 Å². The molecule has 0 N–H and O–H groups in total. The molecule has 0 amide bonds. The summed E-state index contributed by atoms with van der Waals surface area (Å²) in [6.07, 6.45) is 1.86. The van der Waals surface area contributed by atoms with Crippen LogP contribution in [0.25, 0.3) is 11.0 Å². The van der Waals surface area contributed by atoms with Crippen LogP contribution in [-0.2, 0) is 13.0 Å². The summed E-state index contributed by atoms with van der Waals surface area (Å²) in [7, 11) is 0. The molecule has 134 valence electrons. The molecule has 1 aromatic heterocycles. The van der Waals surface area contributed by atoms with Gasteiger partial charge in [0, 0.05) is 24.0 Å². The standard InChI is InChI=1S/C22H23NO3/c1-3-7-17-12-21(24)26-22-18(17)10-11-20-19(22)13-23(14-25-20)15(2)16-8-5-4-6-9-16/h4-6,8-12,15H,3,7,13-14H2,1-2H3/t15-/m1/s1. The van der Waals surface area contributed by atoms with Crippen molar-refractivity contribution in [2.45, 2.75) is 39.3 Å². The van der Waals surface area contributed by atoms with Crippen molar-refractivity contribution in [2.75, 3.05) is 6.73 Å². The molecular weight excluding hydrogens is 326 g/mol. The Bertz CT molecular complexity index is 978. The van der Waals surface area contributed by atoms with E-state index in [1.54, 1.807) is 6.07 Å².